The number of hydrogen-bond acceptors (Lipinski definition) is 4. The van der Waals surface area contributed by atoms with E-state index in [2.05, 4.69) is 43.1 Å². The maximum Gasteiger partial charge on any atom is 0.244 e. The lowest BCUT2D eigenvalue weighted by Gasteiger charge is -2.18. The van der Waals surface area contributed by atoms with E-state index in [4.69, 9.17) is 5.73 Å². The molecule has 1 aromatic heterocycles. The Balaban J connectivity index is 2.14. The molecule has 0 spiro atoms. The van der Waals surface area contributed by atoms with Crippen molar-refractivity contribution in [1.29, 1.82) is 0 Å². The monoisotopic (exact) mass is 223 g/mol. The van der Waals surface area contributed by atoms with Crippen molar-refractivity contribution in [2.75, 3.05) is 11.1 Å². The highest BCUT2D eigenvalue weighted by Crippen LogP contribution is 2.39. The molecule has 0 amide bonds. The van der Waals surface area contributed by atoms with Gasteiger partial charge in [0.05, 0.1) is 6.04 Å². The first-order valence-electron chi connectivity index (χ1n) is 5.87. The number of aromatic nitrogens is 3. The smallest absolute Gasteiger partial charge is 0.244 e. The normalized spacial score (nSPS) is 18.5. The van der Waals surface area contributed by atoms with Crippen LogP contribution < -0.4 is 11.1 Å². The van der Waals surface area contributed by atoms with E-state index >= 15 is 0 Å². The van der Waals surface area contributed by atoms with Gasteiger partial charge in [0.2, 0.25) is 11.9 Å². The summed E-state index contributed by atoms with van der Waals surface area (Å²) in [6.45, 7) is 8.39. The average Bonchev–Trinajstić information content (AvgIpc) is 2.88. The molecule has 90 valence electrons. The van der Waals surface area contributed by atoms with Gasteiger partial charge in [-0.25, -0.2) is 4.68 Å². The Hall–Kier alpha value is -1.26. The van der Waals surface area contributed by atoms with Crippen LogP contribution in [0, 0.1) is 5.92 Å². The molecule has 16 heavy (non-hydrogen) atoms. The lowest BCUT2D eigenvalue weighted by Crippen LogP contribution is -2.27. The van der Waals surface area contributed by atoms with Crippen LogP contribution in [-0.4, -0.2) is 20.3 Å². The Labute approximate surface area is 96.4 Å². The molecule has 0 radical (unpaired) electrons. The van der Waals surface area contributed by atoms with Gasteiger partial charge in [-0.15, -0.1) is 5.10 Å². The Morgan fingerprint density at radius 2 is 2.06 bits per heavy atom. The molecular weight excluding hydrogens is 202 g/mol. The highest BCUT2D eigenvalue weighted by Gasteiger charge is 2.31. The molecule has 1 atom stereocenters. The van der Waals surface area contributed by atoms with Gasteiger partial charge in [0.25, 0.3) is 0 Å². The van der Waals surface area contributed by atoms with Crippen molar-refractivity contribution in [1.82, 2.24) is 14.8 Å². The maximum atomic E-state index is 5.88. The zero-order valence-electron chi connectivity index (χ0n) is 10.5. The Kier molecular flexibility index (Phi) is 2.56. The predicted molar refractivity (Wildman–Crippen MR) is 65.2 cm³/mol. The summed E-state index contributed by atoms with van der Waals surface area (Å²) in [5.74, 6) is 1.86. The summed E-state index contributed by atoms with van der Waals surface area (Å²) in [5.41, 5.74) is 5.84. The Morgan fingerprint density at radius 3 is 2.56 bits per heavy atom. The molecule has 1 saturated carbocycles. The molecule has 3 N–H and O–H groups in total. The second-order valence-corrected chi connectivity index (χ2v) is 5.69. The van der Waals surface area contributed by atoms with E-state index in [9.17, 15) is 0 Å². The SMILES string of the molecule is CC(C1CC1)n1nc(NC(C)(C)C)nc1N. The minimum absolute atomic E-state index is 0.0402. The maximum absolute atomic E-state index is 5.88. The number of nitrogens with zero attached hydrogens (tertiary/aromatic N) is 3. The van der Waals surface area contributed by atoms with E-state index in [1.54, 1.807) is 0 Å². The highest BCUT2D eigenvalue weighted by molar-refractivity contribution is 5.34. The molecule has 1 heterocycles. The number of rotatable bonds is 3. The second kappa shape index (κ2) is 3.64. The molecule has 1 unspecified atom stereocenters. The summed E-state index contributed by atoms with van der Waals surface area (Å²) >= 11 is 0. The van der Waals surface area contributed by atoms with Crippen LogP contribution in [0.25, 0.3) is 0 Å². The summed E-state index contributed by atoms with van der Waals surface area (Å²) in [7, 11) is 0. The molecule has 1 aliphatic carbocycles. The molecular formula is C11H21N5. The summed E-state index contributed by atoms with van der Waals surface area (Å²) in [5, 5.41) is 7.66. The van der Waals surface area contributed by atoms with E-state index in [0.717, 1.165) is 5.92 Å². The highest BCUT2D eigenvalue weighted by atomic mass is 15.4. The first kappa shape index (κ1) is 11.2. The fourth-order valence-electron chi connectivity index (χ4n) is 1.80. The molecule has 0 saturated heterocycles. The van der Waals surface area contributed by atoms with Gasteiger partial charge in [0.1, 0.15) is 0 Å². The van der Waals surface area contributed by atoms with Crippen molar-refractivity contribution in [3.63, 3.8) is 0 Å². The molecule has 5 heteroatoms. The summed E-state index contributed by atoms with van der Waals surface area (Å²) in [6, 6.07) is 0.364. The fraction of sp³-hybridized carbons (Fsp3) is 0.818. The molecule has 0 bridgehead atoms. The third kappa shape index (κ3) is 2.46. The number of hydrogen-bond donors (Lipinski definition) is 2. The summed E-state index contributed by atoms with van der Waals surface area (Å²) in [4.78, 5) is 4.25. The van der Waals surface area contributed by atoms with Crippen molar-refractivity contribution in [3.8, 4) is 0 Å². The molecule has 1 aliphatic rings. The van der Waals surface area contributed by atoms with Crippen molar-refractivity contribution in [3.05, 3.63) is 0 Å². The van der Waals surface area contributed by atoms with Crippen LogP contribution in [0.3, 0.4) is 0 Å². The van der Waals surface area contributed by atoms with Gasteiger partial charge in [-0.3, -0.25) is 0 Å². The molecule has 2 rings (SSSR count). The lowest BCUT2D eigenvalue weighted by atomic mass is 10.1. The first-order valence-corrected chi connectivity index (χ1v) is 5.87. The van der Waals surface area contributed by atoms with Gasteiger partial charge >= 0.3 is 0 Å². The minimum atomic E-state index is -0.0402. The van der Waals surface area contributed by atoms with Crippen molar-refractivity contribution >= 4 is 11.9 Å². The minimum Gasteiger partial charge on any atom is -0.368 e. The lowest BCUT2D eigenvalue weighted by molar-refractivity contribution is 0.445. The summed E-state index contributed by atoms with van der Waals surface area (Å²) in [6.07, 6.45) is 2.56. The standard InChI is InChI=1S/C11H21N5/c1-7(8-5-6-8)16-9(12)13-10(15-16)14-11(2,3)4/h7-8H,5-6H2,1-4H3,(H3,12,13,14,15). The third-order valence-electron chi connectivity index (χ3n) is 2.83. The average molecular weight is 223 g/mol. The molecule has 1 aromatic rings. The number of anilines is 2. The van der Waals surface area contributed by atoms with Gasteiger partial charge in [-0.05, 0) is 46.5 Å². The van der Waals surface area contributed by atoms with Gasteiger partial charge in [-0.2, -0.15) is 4.98 Å². The zero-order valence-corrected chi connectivity index (χ0v) is 10.5. The first-order chi connectivity index (χ1) is 7.37. The Bertz CT molecular complexity index is 372. The van der Waals surface area contributed by atoms with E-state index in [-0.39, 0.29) is 5.54 Å². The van der Waals surface area contributed by atoms with Crippen LogP contribution in [-0.2, 0) is 0 Å². The zero-order chi connectivity index (χ0) is 11.9. The number of nitrogen functional groups attached to an aromatic ring is 1. The quantitative estimate of drug-likeness (QED) is 0.822. The van der Waals surface area contributed by atoms with Crippen LogP contribution in [0.1, 0.15) is 46.6 Å². The Morgan fingerprint density at radius 1 is 1.44 bits per heavy atom. The van der Waals surface area contributed by atoms with Gasteiger partial charge in [0, 0.05) is 5.54 Å². The van der Waals surface area contributed by atoms with E-state index < -0.39 is 0 Å². The van der Waals surface area contributed by atoms with E-state index in [0.29, 0.717) is 17.9 Å². The second-order valence-electron chi connectivity index (χ2n) is 5.69. The van der Waals surface area contributed by atoms with Crippen molar-refractivity contribution in [2.45, 2.75) is 52.1 Å². The largest absolute Gasteiger partial charge is 0.368 e. The third-order valence-corrected chi connectivity index (χ3v) is 2.83. The van der Waals surface area contributed by atoms with Crippen molar-refractivity contribution < 1.29 is 0 Å². The molecule has 0 aliphatic heterocycles. The fourth-order valence-corrected chi connectivity index (χ4v) is 1.80. The summed E-state index contributed by atoms with van der Waals surface area (Å²) < 4.78 is 1.84. The number of nitrogens with one attached hydrogen (secondary N) is 1. The van der Waals surface area contributed by atoms with E-state index in [1.165, 1.54) is 12.8 Å². The predicted octanol–water partition coefficient (Wildman–Crippen LogP) is 2.04. The topological polar surface area (TPSA) is 68.8 Å². The molecule has 5 nitrogen and oxygen atoms in total. The number of nitrogens with two attached hydrogens (primary N) is 1. The van der Waals surface area contributed by atoms with Crippen LogP contribution in [0.4, 0.5) is 11.9 Å². The van der Waals surface area contributed by atoms with Crippen LogP contribution in [0.5, 0.6) is 0 Å². The van der Waals surface area contributed by atoms with Crippen LogP contribution >= 0.6 is 0 Å². The van der Waals surface area contributed by atoms with Gasteiger partial charge < -0.3 is 11.1 Å². The molecule has 1 fully saturated rings. The van der Waals surface area contributed by atoms with Gasteiger partial charge in [-0.1, -0.05) is 0 Å². The molecule has 0 aromatic carbocycles. The van der Waals surface area contributed by atoms with Crippen LogP contribution in [0.15, 0.2) is 0 Å². The van der Waals surface area contributed by atoms with E-state index in [1.807, 2.05) is 4.68 Å². The van der Waals surface area contributed by atoms with Gasteiger partial charge in [0.15, 0.2) is 0 Å². The van der Waals surface area contributed by atoms with Crippen LogP contribution in [0.2, 0.25) is 0 Å². The van der Waals surface area contributed by atoms with Crippen molar-refractivity contribution in [2.24, 2.45) is 5.92 Å².